The van der Waals surface area contributed by atoms with Gasteiger partial charge in [0.2, 0.25) is 15.9 Å². The van der Waals surface area contributed by atoms with E-state index in [4.69, 9.17) is 21.1 Å². The molecule has 2 aromatic carbocycles. The van der Waals surface area contributed by atoms with Crippen LogP contribution in [0.5, 0.6) is 11.5 Å². The van der Waals surface area contributed by atoms with Crippen molar-refractivity contribution in [3.63, 3.8) is 0 Å². The van der Waals surface area contributed by atoms with Crippen LogP contribution in [0.4, 0.5) is 5.69 Å². The Morgan fingerprint density at radius 3 is 2.14 bits per heavy atom. The third-order valence-electron chi connectivity index (χ3n) is 4.44. The number of hydrogen-bond acceptors (Lipinski definition) is 5. The molecule has 7 nitrogen and oxygen atoms in total. The first-order valence-corrected chi connectivity index (χ1v) is 11.1. The first-order valence-electron chi connectivity index (χ1n) is 8.85. The van der Waals surface area contributed by atoms with Gasteiger partial charge in [-0.3, -0.25) is 9.10 Å². The van der Waals surface area contributed by atoms with Crippen molar-refractivity contribution in [3.8, 4) is 11.5 Å². The predicted octanol–water partition coefficient (Wildman–Crippen LogP) is 3.39. The summed E-state index contributed by atoms with van der Waals surface area (Å²) in [5.74, 6) is 0.680. The maximum Gasteiger partial charge on any atom is 0.244 e. The quantitative estimate of drug-likeness (QED) is 0.680. The number of sulfonamides is 1. The fourth-order valence-corrected chi connectivity index (χ4v) is 4.24. The molecule has 29 heavy (non-hydrogen) atoms. The standard InChI is InChI=1S/C20H25ClN2O5S/c1-13(15-6-11-18(27-3)19(12-15)28-4)22-20(24)14(2)23(29(5,25)26)17-9-7-16(21)8-10-17/h6-14H,1-5H3,(H,22,24). The van der Waals surface area contributed by atoms with Gasteiger partial charge < -0.3 is 14.8 Å². The Morgan fingerprint density at radius 2 is 1.62 bits per heavy atom. The third kappa shape index (κ3) is 5.55. The van der Waals surface area contributed by atoms with Gasteiger partial charge in [-0.1, -0.05) is 17.7 Å². The van der Waals surface area contributed by atoms with Crippen LogP contribution >= 0.6 is 11.6 Å². The molecular weight excluding hydrogens is 416 g/mol. The third-order valence-corrected chi connectivity index (χ3v) is 5.93. The molecule has 2 aromatic rings. The van der Waals surface area contributed by atoms with Crippen LogP contribution in [0.3, 0.4) is 0 Å². The molecule has 1 amide bonds. The molecule has 2 atom stereocenters. The summed E-state index contributed by atoms with van der Waals surface area (Å²) in [6.45, 7) is 3.34. The lowest BCUT2D eigenvalue weighted by Gasteiger charge is -2.29. The van der Waals surface area contributed by atoms with Crippen molar-refractivity contribution in [1.29, 1.82) is 0 Å². The summed E-state index contributed by atoms with van der Waals surface area (Å²) < 4.78 is 36.3. The van der Waals surface area contributed by atoms with Gasteiger partial charge in [-0.05, 0) is 55.8 Å². The van der Waals surface area contributed by atoms with Crippen molar-refractivity contribution in [2.24, 2.45) is 0 Å². The molecule has 0 bridgehead atoms. The minimum absolute atomic E-state index is 0.360. The Kier molecular flexibility index (Phi) is 7.37. The first kappa shape index (κ1) is 22.8. The largest absolute Gasteiger partial charge is 0.493 e. The average molecular weight is 441 g/mol. The first-order chi connectivity index (χ1) is 13.6. The maximum atomic E-state index is 12.8. The Morgan fingerprint density at radius 1 is 1.03 bits per heavy atom. The highest BCUT2D eigenvalue weighted by molar-refractivity contribution is 7.92. The van der Waals surface area contributed by atoms with E-state index < -0.39 is 22.0 Å². The van der Waals surface area contributed by atoms with E-state index in [9.17, 15) is 13.2 Å². The molecule has 0 aromatic heterocycles. The number of halogens is 1. The number of carbonyl (C=O) groups is 1. The van der Waals surface area contributed by atoms with Crippen LogP contribution in [0, 0.1) is 0 Å². The summed E-state index contributed by atoms with van der Waals surface area (Å²) >= 11 is 5.89. The van der Waals surface area contributed by atoms with Gasteiger partial charge in [0.1, 0.15) is 6.04 Å². The summed E-state index contributed by atoms with van der Waals surface area (Å²) in [5.41, 5.74) is 1.15. The number of nitrogens with one attached hydrogen (secondary N) is 1. The fourth-order valence-electron chi connectivity index (χ4n) is 2.94. The smallest absolute Gasteiger partial charge is 0.244 e. The second kappa shape index (κ2) is 9.37. The van der Waals surface area contributed by atoms with Crippen molar-refractivity contribution in [2.75, 3.05) is 24.8 Å². The van der Waals surface area contributed by atoms with Gasteiger partial charge >= 0.3 is 0 Å². The molecule has 1 N–H and O–H groups in total. The van der Waals surface area contributed by atoms with Gasteiger partial charge in [-0.25, -0.2) is 8.42 Å². The van der Waals surface area contributed by atoms with Gasteiger partial charge in [0.25, 0.3) is 0 Å². The number of hydrogen-bond donors (Lipinski definition) is 1. The lowest BCUT2D eigenvalue weighted by Crippen LogP contribution is -2.48. The summed E-state index contributed by atoms with van der Waals surface area (Å²) in [4.78, 5) is 12.8. The molecule has 0 aliphatic rings. The van der Waals surface area contributed by atoms with E-state index in [1.54, 1.807) is 50.4 Å². The van der Waals surface area contributed by atoms with Crippen LogP contribution in [0.1, 0.15) is 25.5 Å². The lowest BCUT2D eigenvalue weighted by molar-refractivity contribution is -0.122. The second-order valence-corrected chi connectivity index (χ2v) is 8.85. The van der Waals surface area contributed by atoms with Crippen molar-refractivity contribution in [2.45, 2.75) is 25.9 Å². The molecule has 0 saturated heterocycles. The number of benzene rings is 2. The van der Waals surface area contributed by atoms with Crippen LogP contribution in [0.15, 0.2) is 42.5 Å². The Hall–Kier alpha value is -2.45. The fraction of sp³-hybridized carbons (Fsp3) is 0.350. The van der Waals surface area contributed by atoms with Crippen LogP contribution in [0.25, 0.3) is 0 Å². The Labute approximate surface area is 176 Å². The number of ether oxygens (including phenoxy) is 2. The number of rotatable bonds is 8. The zero-order chi connectivity index (χ0) is 21.8. The summed E-state index contributed by atoms with van der Waals surface area (Å²) in [6, 6.07) is 10.3. The minimum atomic E-state index is -3.70. The second-order valence-electron chi connectivity index (χ2n) is 6.56. The van der Waals surface area contributed by atoms with Gasteiger partial charge in [-0.2, -0.15) is 0 Å². The number of anilines is 1. The van der Waals surface area contributed by atoms with E-state index in [1.807, 2.05) is 6.07 Å². The van der Waals surface area contributed by atoms with Crippen LogP contribution in [0.2, 0.25) is 5.02 Å². The van der Waals surface area contributed by atoms with Crippen LogP contribution < -0.4 is 19.1 Å². The highest BCUT2D eigenvalue weighted by Crippen LogP contribution is 2.30. The summed E-state index contributed by atoms with van der Waals surface area (Å²) in [7, 11) is -0.629. The summed E-state index contributed by atoms with van der Waals surface area (Å²) in [6.07, 6.45) is 1.06. The molecule has 2 unspecified atom stereocenters. The molecule has 0 radical (unpaired) electrons. The Balaban J connectivity index is 2.24. The number of carbonyl (C=O) groups excluding carboxylic acids is 1. The van der Waals surface area contributed by atoms with Crippen LogP contribution in [-0.2, 0) is 14.8 Å². The van der Waals surface area contributed by atoms with Crippen molar-refractivity contribution in [1.82, 2.24) is 5.32 Å². The van der Waals surface area contributed by atoms with E-state index in [-0.39, 0.29) is 6.04 Å². The number of nitrogens with zero attached hydrogens (tertiary/aromatic N) is 1. The van der Waals surface area contributed by atoms with Gasteiger partial charge in [0.05, 0.1) is 32.2 Å². The molecule has 0 aliphatic heterocycles. The van der Waals surface area contributed by atoms with E-state index in [2.05, 4.69) is 5.32 Å². The Bertz CT molecular complexity index is 963. The van der Waals surface area contributed by atoms with Crippen molar-refractivity contribution < 1.29 is 22.7 Å². The summed E-state index contributed by atoms with van der Waals surface area (Å²) in [5, 5.41) is 3.32. The highest BCUT2D eigenvalue weighted by Gasteiger charge is 2.30. The normalized spacial score (nSPS) is 13.3. The van der Waals surface area contributed by atoms with E-state index >= 15 is 0 Å². The number of methoxy groups -OCH3 is 2. The molecule has 0 fully saturated rings. The zero-order valence-electron chi connectivity index (χ0n) is 17.0. The molecular formula is C20H25ClN2O5S. The maximum absolute atomic E-state index is 12.8. The van der Waals surface area contributed by atoms with Crippen molar-refractivity contribution >= 4 is 33.2 Å². The SMILES string of the molecule is COc1ccc(C(C)NC(=O)C(C)N(c2ccc(Cl)cc2)S(C)(=O)=O)cc1OC. The van der Waals surface area contributed by atoms with E-state index in [0.717, 1.165) is 16.1 Å². The molecule has 0 heterocycles. The van der Waals surface area contributed by atoms with Gasteiger partial charge in [0, 0.05) is 5.02 Å². The zero-order valence-corrected chi connectivity index (χ0v) is 18.5. The molecule has 0 aliphatic carbocycles. The predicted molar refractivity (Wildman–Crippen MR) is 114 cm³/mol. The van der Waals surface area contributed by atoms with E-state index in [1.165, 1.54) is 14.0 Å². The topological polar surface area (TPSA) is 84.9 Å². The molecule has 9 heteroatoms. The highest BCUT2D eigenvalue weighted by atomic mass is 35.5. The molecule has 0 spiro atoms. The van der Waals surface area contributed by atoms with Crippen LogP contribution in [-0.4, -0.2) is 40.8 Å². The van der Waals surface area contributed by atoms with Gasteiger partial charge in [-0.15, -0.1) is 0 Å². The average Bonchev–Trinajstić information content (AvgIpc) is 2.67. The molecule has 2 rings (SSSR count). The molecule has 0 saturated carbocycles. The lowest BCUT2D eigenvalue weighted by atomic mass is 10.1. The minimum Gasteiger partial charge on any atom is -0.493 e. The molecule has 158 valence electrons. The monoisotopic (exact) mass is 440 g/mol. The van der Waals surface area contributed by atoms with Gasteiger partial charge in [0.15, 0.2) is 11.5 Å². The van der Waals surface area contributed by atoms with E-state index in [0.29, 0.717) is 22.2 Å². The number of amides is 1. The van der Waals surface area contributed by atoms with Crippen molar-refractivity contribution in [3.05, 3.63) is 53.1 Å².